The summed E-state index contributed by atoms with van der Waals surface area (Å²) in [7, 11) is 0. The number of nitrogens with zero attached hydrogens (tertiary/aromatic N) is 2. The van der Waals surface area contributed by atoms with E-state index in [1.54, 1.807) is 12.1 Å². The van der Waals surface area contributed by atoms with Gasteiger partial charge in [-0.15, -0.1) is 0 Å². The van der Waals surface area contributed by atoms with Crippen molar-refractivity contribution >= 4 is 28.0 Å². The summed E-state index contributed by atoms with van der Waals surface area (Å²) in [6.07, 6.45) is 1.89. The molecule has 0 unspecified atom stereocenters. The molecule has 6 aromatic rings. The Hall–Kier alpha value is -4.64. The van der Waals surface area contributed by atoms with Crippen LogP contribution in [0.1, 0.15) is 35.1 Å². The molecule has 0 radical (unpaired) electrons. The van der Waals surface area contributed by atoms with Crippen LogP contribution >= 0.6 is 0 Å². The first-order chi connectivity index (χ1) is 18.1. The van der Waals surface area contributed by atoms with Crippen molar-refractivity contribution in [1.82, 2.24) is 9.55 Å². The number of hydrogen-bond donors (Lipinski definition) is 1. The molecule has 182 valence electrons. The van der Waals surface area contributed by atoms with Gasteiger partial charge in [0.15, 0.2) is 0 Å². The molecule has 2 aromatic heterocycles. The second kappa shape index (κ2) is 9.43. The maximum Gasteiger partial charge on any atom is 0.336 e. The fraction of sp³-hybridized carbons (Fsp3) is 0.125. The van der Waals surface area contributed by atoms with E-state index in [4.69, 9.17) is 9.40 Å². The van der Waals surface area contributed by atoms with Crippen LogP contribution in [0.4, 0.5) is 0 Å². The third-order valence-corrected chi connectivity index (χ3v) is 6.77. The summed E-state index contributed by atoms with van der Waals surface area (Å²) in [6, 6.07) is 31.7. The number of rotatable bonds is 7. The van der Waals surface area contributed by atoms with Crippen LogP contribution in [-0.4, -0.2) is 20.6 Å². The lowest BCUT2D eigenvalue weighted by Crippen LogP contribution is -2.05. The molecule has 6 rings (SSSR count). The van der Waals surface area contributed by atoms with E-state index >= 15 is 0 Å². The Balaban J connectivity index is 1.34. The van der Waals surface area contributed by atoms with Gasteiger partial charge in [0, 0.05) is 23.9 Å². The molecule has 4 aromatic carbocycles. The molecule has 0 atom stereocenters. The minimum absolute atomic E-state index is 0.307. The molecule has 1 N–H and O–H groups in total. The number of para-hydroxylation sites is 1. The van der Waals surface area contributed by atoms with E-state index in [0.29, 0.717) is 12.1 Å². The summed E-state index contributed by atoms with van der Waals surface area (Å²) in [4.78, 5) is 16.6. The monoisotopic (exact) mass is 486 g/mol. The van der Waals surface area contributed by atoms with Crippen LogP contribution in [0, 0.1) is 0 Å². The normalized spacial score (nSPS) is 11.4. The highest BCUT2D eigenvalue weighted by molar-refractivity contribution is 5.96. The summed E-state index contributed by atoms with van der Waals surface area (Å²) in [5, 5.41) is 10.6. The van der Waals surface area contributed by atoms with Gasteiger partial charge < -0.3 is 14.1 Å². The predicted octanol–water partition coefficient (Wildman–Crippen LogP) is 7.82. The highest BCUT2D eigenvalue weighted by Crippen LogP contribution is 2.31. The summed E-state index contributed by atoms with van der Waals surface area (Å²) >= 11 is 0. The van der Waals surface area contributed by atoms with Gasteiger partial charge in [-0.3, -0.25) is 0 Å². The van der Waals surface area contributed by atoms with Gasteiger partial charge in [-0.25, -0.2) is 9.78 Å². The maximum atomic E-state index is 11.6. The summed E-state index contributed by atoms with van der Waals surface area (Å²) in [5.74, 6) is 0.974. The standard InChI is InChI=1S/C32H26N2O3/c1-2-7-31-33-27-18-24(30-19-23-8-3-6-11-29(23)37-30)16-17-28(27)34(31)20-21-12-14-22(15-13-21)25-9-4-5-10-26(25)32(35)36/h3-6,8-19H,2,7,20H2,1H3,(H,35,36). The summed E-state index contributed by atoms with van der Waals surface area (Å²) < 4.78 is 8.36. The number of aromatic carboxylic acids is 1. The molecule has 2 heterocycles. The Morgan fingerprint density at radius 2 is 1.65 bits per heavy atom. The van der Waals surface area contributed by atoms with Gasteiger partial charge in [0.2, 0.25) is 0 Å². The van der Waals surface area contributed by atoms with E-state index < -0.39 is 5.97 Å². The van der Waals surface area contributed by atoms with Crippen LogP contribution in [0.3, 0.4) is 0 Å². The van der Waals surface area contributed by atoms with Crippen LogP contribution in [0.25, 0.3) is 44.5 Å². The van der Waals surface area contributed by atoms with Gasteiger partial charge in [0.1, 0.15) is 17.2 Å². The van der Waals surface area contributed by atoms with Gasteiger partial charge in [0.25, 0.3) is 0 Å². The average molecular weight is 487 g/mol. The topological polar surface area (TPSA) is 68.3 Å². The molecule has 37 heavy (non-hydrogen) atoms. The van der Waals surface area contributed by atoms with Gasteiger partial charge in [-0.1, -0.05) is 67.6 Å². The second-order valence-electron chi connectivity index (χ2n) is 9.26. The number of imidazole rings is 1. The Bertz CT molecular complexity index is 1710. The third-order valence-electron chi connectivity index (χ3n) is 6.77. The first-order valence-electron chi connectivity index (χ1n) is 12.5. The number of hydrogen-bond acceptors (Lipinski definition) is 3. The van der Waals surface area contributed by atoms with Crippen molar-refractivity contribution in [2.45, 2.75) is 26.3 Å². The van der Waals surface area contributed by atoms with Crippen molar-refractivity contribution in [2.24, 2.45) is 0 Å². The van der Waals surface area contributed by atoms with E-state index in [-0.39, 0.29) is 0 Å². The number of carboxylic acids is 1. The molecule has 0 saturated carbocycles. The number of carbonyl (C=O) groups is 1. The minimum atomic E-state index is -0.921. The van der Waals surface area contributed by atoms with Gasteiger partial charge in [-0.2, -0.15) is 0 Å². The zero-order chi connectivity index (χ0) is 25.4. The SMILES string of the molecule is CCCc1nc2cc(-c3cc4ccccc4o3)ccc2n1Cc1ccc(-c2ccccc2C(=O)O)cc1. The Kier molecular flexibility index (Phi) is 5.81. The van der Waals surface area contributed by atoms with Crippen molar-refractivity contribution in [3.63, 3.8) is 0 Å². The summed E-state index contributed by atoms with van der Waals surface area (Å²) in [6.45, 7) is 2.86. The highest BCUT2D eigenvalue weighted by atomic mass is 16.4. The molecule has 0 aliphatic heterocycles. The van der Waals surface area contributed by atoms with Crippen molar-refractivity contribution in [3.8, 4) is 22.5 Å². The fourth-order valence-corrected chi connectivity index (χ4v) is 4.94. The maximum absolute atomic E-state index is 11.6. The van der Waals surface area contributed by atoms with Crippen LogP contribution in [0.2, 0.25) is 0 Å². The lowest BCUT2D eigenvalue weighted by atomic mass is 9.99. The molecule has 5 heteroatoms. The quantitative estimate of drug-likeness (QED) is 0.250. The molecule has 0 saturated heterocycles. The number of fused-ring (bicyclic) bond motifs is 2. The van der Waals surface area contributed by atoms with Crippen molar-refractivity contribution in [1.29, 1.82) is 0 Å². The Morgan fingerprint density at radius 1 is 0.892 bits per heavy atom. The van der Waals surface area contributed by atoms with E-state index in [2.05, 4.69) is 54.0 Å². The number of furan rings is 1. The van der Waals surface area contributed by atoms with E-state index in [1.807, 2.05) is 42.5 Å². The second-order valence-corrected chi connectivity index (χ2v) is 9.26. The Labute approximate surface area is 214 Å². The zero-order valence-corrected chi connectivity index (χ0v) is 20.5. The third kappa shape index (κ3) is 4.29. The van der Waals surface area contributed by atoms with E-state index in [0.717, 1.165) is 68.7 Å². The van der Waals surface area contributed by atoms with Crippen molar-refractivity contribution < 1.29 is 14.3 Å². The van der Waals surface area contributed by atoms with Crippen LogP contribution in [0.5, 0.6) is 0 Å². The molecule has 0 fully saturated rings. The molecular formula is C32H26N2O3. The minimum Gasteiger partial charge on any atom is -0.478 e. The van der Waals surface area contributed by atoms with Crippen LogP contribution in [0.15, 0.2) is 101 Å². The number of carboxylic acid groups (broad SMARTS) is 1. The number of aromatic nitrogens is 2. The molecule has 0 aliphatic carbocycles. The smallest absolute Gasteiger partial charge is 0.336 e. The molecule has 0 aliphatic rings. The lowest BCUT2D eigenvalue weighted by Gasteiger charge is -2.11. The highest BCUT2D eigenvalue weighted by Gasteiger charge is 2.15. The average Bonchev–Trinajstić information content (AvgIpc) is 3.50. The largest absolute Gasteiger partial charge is 0.478 e. The van der Waals surface area contributed by atoms with E-state index in [9.17, 15) is 9.90 Å². The number of aryl methyl sites for hydroxylation is 1. The molecular weight excluding hydrogens is 460 g/mol. The van der Waals surface area contributed by atoms with Crippen LogP contribution in [-0.2, 0) is 13.0 Å². The molecule has 5 nitrogen and oxygen atoms in total. The van der Waals surface area contributed by atoms with Gasteiger partial charge >= 0.3 is 5.97 Å². The van der Waals surface area contributed by atoms with Crippen molar-refractivity contribution in [3.05, 3.63) is 114 Å². The first-order valence-corrected chi connectivity index (χ1v) is 12.5. The number of benzene rings is 4. The molecule has 0 spiro atoms. The van der Waals surface area contributed by atoms with E-state index in [1.165, 1.54) is 0 Å². The Morgan fingerprint density at radius 3 is 2.43 bits per heavy atom. The zero-order valence-electron chi connectivity index (χ0n) is 20.5. The molecule has 0 bridgehead atoms. The fourth-order valence-electron chi connectivity index (χ4n) is 4.94. The lowest BCUT2D eigenvalue weighted by molar-refractivity contribution is 0.0697. The molecule has 0 amide bonds. The predicted molar refractivity (Wildman–Crippen MR) is 147 cm³/mol. The first kappa shape index (κ1) is 22.8. The van der Waals surface area contributed by atoms with Crippen LogP contribution < -0.4 is 0 Å². The van der Waals surface area contributed by atoms with Crippen molar-refractivity contribution in [2.75, 3.05) is 0 Å². The van der Waals surface area contributed by atoms with Gasteiger partial charge in [0.05, 0.1) is 16.6 Å². The van der Waals surface area contributed by atoms with Gasteiger partial charge in [-0.05, 0) is 59.5 Å². The summed E-state index contributed by atoms with van der Waals surface area (Å²) in [5.41, 5.74) is 6.98.